The molecule has 0 saturated carbocycles. The molecule has 0 radical (unpaired) electrons. The Morgan fingerprint density at radius 1 is 1.38 bits per heavy atom. The van der Waals surface area contributed by atoms with E-state index in [-0.39, 0.29) is 11.3 Å². The number of hydrogen-bond acceptors (Lipinski definition) is 5. The minimum Gasteiger partial charge on any atom is -0.491 e. The fourth-order valence-corrected chi connectivity index (χ4v) is 2.53. The quantitative estimate of drug-likeness (QED) is 0.423. The lowest BCUT2D eigenvalue weighted by Crippen LogP contribution is -2.10. The van der Waals surface area contributed by atoms with Gasteiger partial charge in [-0.15, -0.1) is 0 Å². The van der Waals surface area contributed by atoms with Gasteiger partial charge in [-0.05, 0) is 12.5 Å². The number of benzene rings is 1. The lowest BCUT2D eigenvalue weighted by molar-refractivity contribution is 0.142. The van der Waals surface area contributed by atoms with Crippen LogP contribution in [0.4, 0.5) is 4.79 Å². The summed E-state index contributed by atoms with van der Waals surface area (Å²) in [6.45, 7) is 2.59. The maximum Gasteiger partial charge on any atom is 0.512 e. The molecular weight excluding hydrogens is 312 g/mol. The lowest BCUT2D eigenvalue weighted by atomic mass is 10.1. The highest BCUT2D eigenvalue weighted by Crippen LogP contribution is 2.30. The number of hydrogen-bond donors (Lipinski definition) is 2. The molecule has 124 valence electrons. The number of H-pyrrole nitrogens is 1. The van der Waals surface area contributed by atoms with E-state index in [1.807, 2.05) is 0 Å². The van der Waals surface area contributed by atoms with Gasteiger partial charge >= 0.3 is 6.16 Å². The second-order valence-electron chi connectivity index (χ2n) is 5.26. The van der Waals surface area contributed by atoms with Crippen molar-refractivity contribution in [1.29, 1.82) is 0 Å². The molecule has 1 aromatic carbocycles. The van der Waals surface area contributed by atoms with E-state index in [9.17, 15) is 9.59 Å². The minimum atomic E-state index is -1.49. The second kappa shape index (κ2) is 6.57. The van der Waals surface area contributed by atoms with Gasteiger partial charge in [0.1, 0.15) is 11.3 Å². The molecule has 0 saturated heterocycles. The summed E-state index contributed by atoms with van der Waals surface area (Å²) < 4.78 is 10.3. The van der Waals surface area contributed by atoms with Crippen molar-refractivity contribution >= 4 is 28.0 Å². The highest BCUT2D eigenvalue weighted by Gasteiger charge is 2.14. The lowest BCUT2D eigenvalue weighted by Gasteiger charge is -2.11. The molecule has 2 heterocycles. The standard InChI is InChI=1S/C17H16N2O5/c1-2-3-7-23-13-8-11-15(10-5-4-6-18-16(10)13)12(20)9-14(19-11)24-17(21)22/h4-6,8-9H,2-3,7H2,1H3,(H,19,20)(H,21,22). The Kier molecular flexibility index (Phi) is 4.33. The highest BCUT2D eigenvalue weighted by atomic mass is 16.7. The van der Waals surface area contributed by atoms with Crippen molar-refractivity contribution in [2.75, 3.05) is 6.61 Å². The predicted molar refractivity (Wildman–Crippen MR) is 88.9 cm³/mol. The molecule has 3 rings (SSSR count). The van der Waals surface area contributed by atoms with Crippen LogP contribution in [-0.4, -0.2) is 27.8 Å². The van der Waals surface area contributed by atoms with E-state index in [4.69, 9.17) is 9.84 Å². The first-order valence-corrected chi connectivity index (χ1v) is 7.58. The first-order chi connectivity index (χ1) is 11.6. The number of rotatable bonds is 5. The molecule has 0 aliphatic rings. The maximum absolute atomic E-state index is 12.4. The number of carbonyl (C=O) groups is 1. The third kappa shape index (κ3) is 3.01. The van der Waals surface area contributed by atoms with Gasteiger partial charge in [-0.3, -0.25) is 9.78 Å². The monoisotopic (exact) mass is 328 g/mol. The van der Waals surface area contributed by atoms with Crippen LogP contribution in [0.25, 0.3) is 21.8 Å². The highest BCUT2D eigenvalue weighted by molar-refractivity contribution is 6.07. The molecule has 0 amide bonds. The van der Waals surface area contributed by atoms with E-state index in [0.717, 1.165) is 18.9 Å². The number of aromatic nitrogens is 2. The largest absolute Gasteiger partial charge is 0.512 e. The molecule has 0 unspecified atom stereocenters. The van der Waals surface area contributed by atoms with E-state index < -0.39 is 6.16 Å². The normalized spacial score (nSPS) is 10.9. The van der Waals surface area contributed by atoms with Gasteiger partial charge in [0.15, 0.2) is 5.43 Å². The van der Waals surface area contributed by atoms with Gasteiger partial charge in [-0.1, -0.05) is 19.4 Å². The van der Waals surface area contributed by atoms with E-state index in [2.05, 4.69) is 21.6 Å². The predicted octanol–water partition coefficient (Wildman–Crippen LogP) is 3.31. The number of fused-ring (bicyclic) bond motifs is 3. The van der Waals surface area contributed by atoms with Crippen molar-refractivity contribution in [2.45, 2.75) is 19.8 Å². The Hall–Kier alpha value is -3.09. The average Bonchev–Trinajstić information content (AvgIpc) is 2.54. The van der Waals surface area contributed by atoms with Gasteiger partial charge in [0, 0.05) is 23.7 Å². The number of aromatic amines is 1. The van der Waals surface area contributed by atoms with Crippen LogP contribution in [0.2, 0.25) is 0 Å². The van der Waals surface area contributed by atoms with Gasteiger partial charge in [0.2, 0.25) is 5.88 Å². The minimum absolute atomic E-state index is 0.136. The number of nitrogens with zero attached hydrogens (tertiary/aromatic N) is 1. The van der Waals surface area contributed by atoms with Crippen molar-refractivity contribution in [3.63, 3.8) is 0 Å². The molecule has 0 spiro atoms. The Morgan fingerprint density at radius 2 is 2.21 bits per heavy atom. The molecular formula is C17H16N2O5. The number of ether oxygens (including phenoxy) is 2. The molecule has 2 N–H and O–H groups in total. The van der Waals surface area contributed by atoms with Gasteiger partial charge in [0.25, 0.3) is 0 Å². The number of carboxylic acid groups (broad SMARTS) is 1. The first-order valence-electron chi connectivity index (χ1n) is 7.58. The van der Waals surface area contributed by atoms with Crippen LogP contribution >= 0.6 is 0 Å². The van der Waals surface area contributed by atoms with E-state index in [1.165, 1.54) is 0 Å². The van der Waals surface area contributed by atoms with Crippen LogP contribution < -0.4 is 14.9 Å². The molecule has 0 atom stereocenters. The molecule has 7 nitrogen and oxygen atoms in total. The van der Waals surface area contributed by atoms with Crippen LogP contribution in [0.5, 0.6) is 11.6 Å². The third-order valence-corrected chi connectivity index (χ3v) is 3.57. The summed E-state index contributed by atoms with van der Waals surface area (Å²) in [7, 11) is 0. The number of unbranched alkanes of at least 4 members (excludes halogenated alkanes) is 1. The van der Waals surface area contributed by atoms with Crippen molar-refractivity contribution in [3.05, 3.63) is 40.7 Å². The molecule has 24 heavy (non-hydrogen) atoms. The third-order valence-electron chi connectivity index (χ3n) is 3.57. The summed E-state index contributed by atoms with van der Waals surface area (Å²) in [6.07, 6.45) is 2.03. The molecule has 0 aliphatic heterocycles. The summed E-state index contributed by atoms with van der Waals surface area (Å²) in [5.74, 6) is 0.400. The zero-order valence-corrected chi connectivity index (χ0v) is 13.0. The molecule has 0 aliphatic carbocycles. The Labute approximate surface area is 136 Å². The Morgan fingerprint density at radius 3 is 2.96 bits per heavy atom. The summed E-state index contributed by atoms with van der Waals surface area (Å²) >= 11 is 0. The zero-order chi connectivity index (χ0) is 17.1. The summed E-state index contributed by atoms with van der Waals surface area (Å²) in [5, 5.41) is 9.78. The van der Waals surface area contributed by atoms with Crippen LogP contribution in [0.3, 0.4) is 0 Å². The van der Waals surface area contributed by atoms with Gasteiger partial charge in [-0.2, -0.15) is 0 Å². The molecule has 3 aromatic rings. The van der Waals surface area contributed by atoms with Gasteiger partial charge in [0.05, 0.1) is 17.5 Å². The SMILES string of the molecule is CCCCOc1cc2[nH]c(OC(=O)O)cc(=O)c2c2cccnc12. The van der Waals surface area contributed by atoms with Gasteiger partial charge < -0.3 is 19.6 Å². The van der Waals surface area contributed by atoms with Crippen LogP contribution in [0.1, 0.15) is 19.8 Å². The Balaban J connectivity index is 2.23. The van der Waals surface area contributed by atoms with Crippen LogP contribution in [0, 0.1) is 0 Å². The zero-order valence-electron chi connectivity index (χ0n) is 13.0. The number of nitrogens with one attached hydrogen (secondary N) is 1. The smallest absolute Gasteiger partial charge is 0.491 e. The van der Waals surface area contributed by atoms with Crippen LogP contribution in [0.15, 0.2) is 35.3 Å². The first kappa shape index (κ1) is 15.8. The molecule has 2 aromatic heterocycles. The van der Waals surface area contributed by atoms with E-state index in [0.29, 0.717) is 34.2 Å². The van der Waals surface area contributed by atoms with Crippen molar-refractivity contribution in [1.82, 2.24) is 9.97 Å². The average molecular weight is 328 g/mol. The summed E-state index contributed by atoms with van der Waals surface area (Å²) in [6, 6.07) is 6.28. The fourth-order valence-electron chi connectivity index (χ4n) is 2.53. The van der Waals surface area contributed by atoms with E-state index >= 15 is 0 Å². The Bertz CT molecular complexity index is 964. The second-order valence-corrected chi connectivity index (χ2v) is 5.26. The molecule has 7 heteroatoms. The molecule has 0 bridgehead atoms. The van der Waals surface area contributed by atoms with E-state index in [1.54, 1.807) is 24.4 Å². The number of pyridine rings is 2. The summed E-state index contributed by atoms with van der Waals surface area (Å²) in [5.41, 5.74) is 0.683. The maximum atomic E-state index is 12.4. The van der Waals surface area contributed by atoms with Crippen LogP contribution in [-0.2, 0) is 0 Å². The van der Waals surface area contributed by atoms with Gasteiger partial charge in [-0.25, -0.2) is 4.79 Å². The molecule has 0 fully saturated rings. The van der Waals surface area contributed by atoms with Crippen molar-refractivity contribution in [2.24, 2.45) is 0 Å². The van der Waals surface area contributed by atoms with Crippen molar-refractivity contribution < 1.29 is 19.4 Å². The van der Waals surface area contributed by atoms with Crippen molar-refractivity contribution in [3.8, 4) is 11.6 Å². The fraction of sp³-hybridized carbons (Fsp3) is 0.235. The summed E-state index contributed by atoms with van der Waals surface area (Å²) in [4.78, 5) is 30.2. The topological polar surface area (TPSA) is 102 Å².